The fourth-order valence-electron chi connectivity index (χ4n) is 2.95. The first-order chi connectivity index (χ1) is 14.4. The van der Waals surface area contributed by atoms with Gasteiger partial charge in [0.2, 0.25) is 0 Å². The van der Waals surface area contributed by atoms with E-state index < -0.39 is 0 Å². The van der Waals surface area contributed by atoms with Gasteiger partial charge in [0.1, 0.15) is 5.75 Å². The number of carbonyl (C=O) groups is 2. The predicted octanol–water partition coefficient (Wildman–Crippen LogP) is 4.08. The van der Waals surface area contributed by atoms with Crippen molar-refractivity contribution in [1.29, 1.82) is 0 Å². The number of carbonyl (C=O) groups excluding carboxylic acids is 2. The molecule has 7 heteroatoms. The van der Waals surface area contributed by atoms with Gasteiger partial charge in [0.25, 0.3) is 11.8 Å². The fourth-order valence-corrected chi connectivity index (χ4v) is 3.35. The average Bonchev–Trinajstić information content (AvgIpc) is 2.73. The molecule has 0 bridgehead atoms. The van der Waals surface area contributed by atoms with Crippen LogP contribution in [0.3, 0.4) is 0 Å². The number of aryl methyl sites for hydroxylation is 1. The normalized spacial score (nSPS) is 10.5. The molecule has 1 heterocycles. The number of halogens is 1. The Hall–Kier alpha value is -3.19. The molecular weight excluding hydrogens is 446 g/mol. The van der Waals surface area contributed by atoms with E-state index in [2.05, 4.69) is 31.5 Å². The smallest absolute Gasteiger partial charge is 0.253 e. The number of hydrogen-bond donors (Lipinski definition) is 3. The molecule has 0 radical (unpaired) electrons. The third-order valence-corrected chi connectivity index (χ3v) is 4.98. The van der Waals surface area contributed by atoms with E-state index in [0.717, 1.165) is 15.7 Å². The Balaban J connectivity index is 1.48. The topological polar surface area (TPSA) is 91.3 Å². The van der Waals surface area contributed by atoms with Crippen molar-refractivity contribution in [2.24, 2.45) is 0 Å². The van der Waals surface area contributed by atoms with Crippen molar-refractivity contribution in [3.8, 4) is 17.0 Å². The number of aromatic nitrogens is 1. The molecular formula is C23H22BrN3O3. The van der Waals surface area contributed by atoms with Gasteiger partial charge in [-0.25, -0.2) is 0 Å². The molecule has 0 spiro atoms. The average molecular weight is 468 g/mol. The van der Waals surface area contributed by atoms with Gasteiger partial charge in [-0.15, -0.1) is 0 Å². The van der Waals surface area contributed by atoms with Crippen LogP contribution in [0.1, 0.15) is 32.8 Å². The lowest BCUT2D eigenvalue weighted by atomic mass is 10.1. The van der Waals surface area contributed by atoms with E-state index in [9.17, 15) is 14.7 Å². The molecule has 30 heavy (non-hydrogen) atoms. The van der Waals surface area contributed by atoms with Crippen molar-refractivity contribution in [3.05, 3.63) is 82.0 Å². The summed E-state index contributed by atoms with van der Waals surface area (Å²) in [6.07, 6.45) is 0.582. The second-order valence-electron chi connectivity index (χ2n) is 6.76. The van der Waals surface area contributed by atoms with Gasteiger partial charge in [0.15, 0.2) is 0 Å². The first-order valence-electron chi connectivity index (χ1n) is 9.53. The molecule has 0 saturated carbocycles. The number of pyridine rings is 1. The summed E-state index contributed by atoms with van der Waals surface area (Å²) in [5, 5.41) is 15.0. The van der Waals surface area contributed by atoms with Crippen LogP contribution in [0.15, 0.2) is 65.1 Å². The number of aromatic hydroxyl groups is 1. The summed E-state index contributed by atoms with van der Waals surface area (Å²) in [6.45, 7) is 2.64. The number of phenolic OH excluding ortho intramolecular Hbond substituents is 1. The van der Waals surface area contributed by atoms with Gasteiger partial charge in [-0.3, -0.25) is 14.6 Å². The van der Waals surface area contributed by atoms with Gasteiger partial charge >= 0.3 is 0 Å². The highest BCUT2D eigenvalue weighted by atomic mass is 79.9. The maximum absolute atomic E-state index is 12.4. The van der Waals surface area contributed by atoms with Gasteiger partial charge in [-0.1, -0.05) is 34.1 Å². The Morgan fingerprint density at radius 1 is 0.967 bits per heavy atom. The predicted molar refractivity (Wildman–Crippen MR) is 120 cm³/mol. The number of nitrogens with zero attached hydrogens (tertiary/aromatic N) is 1. The van der Waals surface area contributed by atoms with E-state index in [0.29, 0.717) is 36.3 Å². The van der Waals surface area contributed by atoms with Crippen molar-refractivity contribution in [3.63, 3.8) is 0 Å². The van der Waals surface area contributed by atoms with Crippen LogP contribution in [0.5, 0.6) is 5.75 Å². The van der Waals surface area contributed by atoms with Crippen LogP contribution in [-0.2, 0) is 0 Å². The molecule has 0 aliphatic carbocycles. The zero-order valence-electron chi connectivity index (χ0n) is 16.5. The van der Waals surface area contributed by atoms with E-state index in [-0.39, 0.29) is 17.6 Å². The van der Waals surface area contributed by atoms with Crippen molar-refractivity contribution in [1.82, 2.24) is 15.6 Å². The van der Waals surface area contributed by atoms with E-state index >= 15 is 0 Å². The summed E-state index contributed by atoms with van der Waals surface area (Å²) in [4.78, 5) is 29.0. The maximum atomic E-state index is 12.4. The first kappa shape index (κ1) is 21.5. The highest BCUT2D eigenvalue weighted by molar-refractivity contribution is 9.10. The molecule has 0 atom stereocenters. The number of nitrogens with one attached hydrogen (secondary N) is 2. The third kappa shape index (κ3) is 5.67. The summed E-state index contributed by atoms with van der Waals surface area (Å²) >= 11 is 3.45. The van der Waals surface area contributed by atoms with Crippen LogP contribution >= 0.6 is 15.9 Å². The maximum Gasteiger partial charge on any atom is 0.253 e. The number of hydrogen-bond acceptors (Lipinski definition) is 4. The van der Waals surface area contributed by atoms with Crippen LogP contribution < -0.4 is 10.6 Å². The van der Waals surface area contributed by atoms with Crippen molar-refractivity contribution in [2.45, 2.75) is 13.3 Å². The van der Waals surface area contributed by atoms with Crippen LogP contribution in [-0.4, -0.2) is 35.0 Å². The lowest BCUT2D eigenvalue weighted by molar-refractivity contribution is 0.0951. The lowest BCUT2D eigenvalue weighted by Crippen LogP contribution is -2.30. The fraction of sp³-hybridized carbons (Fsp3) is 0.174. The minimum atomic E-state index is -0.264. The van der Waals surface area contributed by atoms with Crippen molar-refractivity contribution >= 4 is 27.7 Å². The molecule has 0 aliphatic rings. The lowest BCUT2D eigenvalue weighted by Gasteiger charge is -2.10. The number of phenols is 1. The van der Waals surface area contributed by atoms with Crippen molar-refractivity contribution in [2.75, 3.05) is 13.1 Å². The Morgan fingerprint density at radius 3 is 2.40 bits per heavy atom. The third-order valence-electron chi connectivity index (χ3n) is 4.48. The number of benzene rings is 2. The van der Waals surface area contributed by atoms with Crippen LogP contribution in [0.4, 0.5) is 0 Å². The largest absolute Gasteiger partial charge is 0.508 e. The quantitative estimate of drug-likeness (QED) is 0.456. The molecule has 1 aromatic heterocycles. The van der Waals surface area contributed by atoms with E-state index in [1.807, 2.05) is 37.3 Å². The van der Waals surface area contributed by atoms with Gasteiger partial charge in [0, 0.05) is 28.7 Å². The summed E-state index contributed by atoms with van der Waals surface area (Å²) in [5.74, 6) is -0.412. The molecule has 0 saturated heterocycles. The molecule has 3 aromatic rings. The molecule has 2 amide bonds. The second kappa shape index (κ2) is 10.0. The standard InChI is InChI=1S/C23H22BrN3O3/c1-15-20(9-10-21(27-15)16-5-2-7-18(24)13-16)23(30)26-12-4-11-25-22(29)17-6-3-8-19(28)14-17/h2-3,5-10,13-14,28H,4,11-12H2,1H3,(H,25,29)(H,26,30). The summed E-state index contributed by atoms with van der Waals surface area (Å²) < 4.78 is 0.970. The summed E-state index contributed by atoms with van der Waals surface area (Å²) in [5.41, 5.74) is 3.35. The highest BCUT2D eigenvalue weighted by Gasteiger charge is 2.11. The number of amides is 2. The Morgan fingerprint density at radius 2 is 1.70 bits per heavy atom. The van der Waals surface area contributed by atoms with Gasteiger partial charge in [-0.2, -0.15) is 0 Å². The van der Waals surface area contributed by atoms with E-state index in [1.165, 1.54) is 12.1 Å². The SMILES string of the molecule is Cc1nc(-c2cccc(Br)c2)ccc1C(=O)NCCCNC(=O)c1cccc(O)c1. The Kier molecular flexibility index (Phi) is 7.19. The van der Waals surface area contributed by atoms with E-state index in [4.69, 9.17) is 0 Å². The molecule has 2 aromatic carbocycles. The zero-order chi connectivity index (χ0) is 21.5. The Bertz CT molecular complexity index is 1070. The summed E-state index contributed by atoms with van der Waals surface area (Å²) in [7, 11) is 0. The molecule has 3 rings (SSSR count). The molecule has 6 nitrogen and oxygen atoms in total. The second-order valence-corrected chi connectivity index (χ2v) is 7.67. The highest BCUT2D eigenvalue weighted by Crippen LogP contribution is 2.22. The Labute approximate surface area is 183 Å². The molecule has 0 unspecified atom stereocenters. The van der Waals surface area contributed by atoms with Gasteiger partial charge in [0.05, 0.1) is 17.0 Å². The summed E-state index contributed by atoms with van der Waals surface area (Å²) in [6, 6.07) is 17.6. The van der Waals surface area contributed by atoms with Gasteiger partial charge < -0.3 is 15.7 Å². The molecule has 154 valence electrons. The van der Waals surface area contributed by atoms with Crippen molar-refractivity contribution < 1.29 is 14.7 Å². The van der Waals surface area contributed by atoms with Crippen LogP contribution in [0, 0.1) is 6.92 Å². The van der Waals surface area contributed by atoms with Gasteiger partial charge in [-0.05, 0) is 55.8 Å². The van der Waals surface area contributed by atoms with Crippen LogP contribution in [0.25, 0.3) is 11.3 Å². The minimum absolute atomic E-state index is 0.0461. The molecule has 3 N–H and O–H groups in total. The zero-order valence-corrected chi connectivity index (χ0v) is 18.1. The van der Waals surface area contributed by atoms with Crippen LogP contribution in [0.2, 0.25) is 0 Å². The van der Waals surface area contributed by atoms with E-state index in [1.54, 1.807) is 18.2 Å². The molecule has 0 fully saturated rings. The first-order valence-corrected chi connectivity index (χ1v) is 10.3. The molecule has 0 aliphatic heterocycles. The number of rotatable bonds is 7. The monoisotopic (exact) mass is 467 g/mol. The minimum Gasteiger partial charge on any atom is -0.508 e.